The van der Waals surface area contributed by atoms with Gasteiger partial charge in [-0.3, -0.25) is 4.79 Å². The first-order valence-corrected chi connectivity index (χ1v) is 8.19. The van der Waals surface area contributed by atoms with E-state index < -0.39 is 22.0 Å². The minimum atomic E-state index is -3.81. The van der Waals surface area contributed by atoms with Crippen molar-refractivity contribution >= 4 is 39.2 Å². The lowest BCUT2D eigenvalue weighted by atomic mass is 10.1. The van der Waals surface area contributed by atoms with Crippen molar-refractivity contribution in [2.45, 2.75) is 25.6 Å². The van der Waals surface area contributed by atoms with E-state index in [9.17, 15) is 13.2 Å². The van der Waals surface area contributed by atoms with Gasteiger partial charge in [-0.25, -0.2) is 13.1 Å². The molecule has 0 saturated heterocycles. The van der Waals surface area contributed by atoms with E-state index in [4.69, 9.17) is 28.3 Å². The number of carboxylic acids is 1. The average molecular weight is 340 g/mol. The maximum absolute atomic E-state index is 12.0. The Kier molecular flexibility index (Phi) is 5.82. The zero-order valence-corrected chi connectivity index (χ0v) is 13.3. The van der Waals surface area contributed by atoms with Gasteiger partial charge >= 0.3 is 5.97 Å². The average Bonchev–Trinajstić information content (AvgIpc) is 2.22. The van der Waals surface area contributed by atoms with Gasteiger partial charge in [0.2, 0.25) is 10.0 Å². The first-order valence-electron chi connectivity index (χ1n) is 5.78. The molecule has 0 saturated carbocycles. The van der Waals surface area contributed by atoms with Gasteiger partial charge in [0.25, 0.3) is 0 Å². The largest absolute Gasteiger partial charge is 0.480 e. The number of halogens is 2. The zero-order chi connectivity index (χ0) is 15.5. The summed E-state index contributed by atoms with van der Waals surface area (Å²) in [4.78, 5) is 11.0. The van der Waals surface area contributed by atoms with Crippen LogP contribution in [-0.2, 0) is 20.6 Å². The van der Waals surface area contributed by atoms with Gasteiger partial charge in [-0.15, -0.1) is 0 Å². The summed E-state index contributed by atoms with van der Waals surface area (Å²) < 4.78 is 26.1. The smallest absolute Gasteiger partial charge is 0.321 e. The van der Waals surface area contributed by atoms with Crippen molar-refractivity contribution < 1.29 is 18.3 Å². The highest BCUT2D eigenvalue weighted by molar-refractivity contribution is 7.88. The van der Waals surface area contributed by atoms with Crippen LogP contribution in [0.3, 0.4) is 0 Å². The quantitative estimate of drug-likeness (QED) is 0.834. The highest BCUT2D eigenvalue weighted by Gasteiger charge is 2.27. The van der Waals surface area contributed by atoms with Gasteiger partial charge in [0, 0.05) is 10.0 Å². The highest BCUT2D eigenvalue weighted by atomic mass is 35.5. The van der Waals surface area contributed by atoms with Crippen LogP contribution in [0.4, 0.5) is 0 Å². The van der Waals surface area contributed by atoms with Crippen molar-refractivity contribution in [3.63, 3.8) is 0 Å². The summed E-state index contributed by atoms with van der Waals surface area (Å²) in [5.41, 5.74) is 0.392. The molecule has 8 heteroatoms. The summed E-state index contributed by atoms with van der Waals surface area (Å²) in [6, 6.07) is 3.26. The molecule has 0 heterocycles. The maximum Gasteiger partial charge on any atom is 0.321 e. The molecule has 0 fully saturated rings. The Morgan fingerprint density at radius 3 is 2.15 bits per heavy atom. The van der Waals surface area contributed by atoms with Gasteiger partial charge in [0.1, 0.15) is 6.04 Å². The molecule has 0 radical (unpaired) electrons. The lowest BCUT2D eigenvalue weighted by molar-refractivity contribution is -0.140. The summed E-state index contributed by atoms with van der Waals surface area (Å²) in [6.07, 6.45) is 0. The Hall–Kier alpha value is -0.820. The molecule has 0 spiro atoms. The lowest BCUT2D eigenvalue weighted by Crippen LogP contribution is -2.44. The van der Waals surface area contributed by atoms with E-state index >= 15 is 0 Å². The molecule has 0 amide bonds. The Morgan fingerprint density at radius 2 is 1.75 bits per heavy atom. The van der Waals surface area contributed by atoms with E-state index in [-0.39, 0.29) is 11.7 Å². The summed E-state index contributed by atoms with van der Waals surface area (Å²) in [5.74, 6) is -1.97. The molecule has 2 N–H and O–H groups in total. The number of sulfonamides is 1. The zero-order valence-electron chi connectivity index (χ0n) is 10.9. The Labute approximate surface area is 127 Å². The molecule has 5 nitrogen and oxygen atoms in total. The van der Waals surface area contributed by atoms with Crippen LogP contribution >= 0.6 is 23.2 Å². The van der Waals surface area contributed by atoms with Crippen LogP contribution in [0.5, 0.6) is 0 Å². The normalized spacial score (nSPS) is 13.4. The number of aliphatic carboxylic acids is 1. The molecule has 20 heavy (non-hydrogen) atoms. The van der Waals surface area contributed by atoms with E-state index in [0.717, 1.165) is 0 Å². The lowest BCUT2D eigenvalue weighted by Gasteiger charge is -2.18. The molecule has 0 aliphatic rings. The number of carbonyl (C=O) groups is 1. The third kappa shape index (κ3) is 5.28. The second kappa shape index (κ2) is 6.76. The standard InChI is InChI=1S/C12H15Cl2NO4S/c1-7(2)11(12(16)17)15-20(18,19)6-8-3-9(13)5-10(14)4-8/h3-5,7,11,15H,6H2,1-2H3,(H,16,17). The van der Waals surface area contributed by atoms with Crippen molar-refractivity contribution in [1.29, 1.82) is 0 Å². The minimum absolute atomic E-state index is 0.321. The van der Waals surface area contributed by atoms with Gasteiger partial charge < -0.3 is 5.11 Å². The van der Waals surface area contributed by atoms with Gasteiger partial charge in [0.15, 0.2) is 0 Å². The molecule has 0 bridgehead atoms. The minimum Gasteiger partial charge on any atom is -0.480 e. The number of nitrogens with one attached hydrogen (secondary N) is 1. The first-order chi connectivity index (χ1) is 9.10. The predicted molar refractivity (Wildman–Crippen MR) is 78.5 cm³/mol. The van der Waals surface area contributed by atoms with E-state index in [0.29, 0.717) is 15.6 Å². The van der Waals surface area contributed by atoms with E-state index in [1.54, 1.807) is 13.8 Å². The van der Waals surface area contributed by atoms with Crippen LogP contribution in [0.2, 0.25) is 10.0 Å². The van der Waals surface area contributed by atoms with E-state index in [1.165, 1.54) is 18.2 Å². The maximum atomic E-state index is 12.0. The molecular formula is C12H15Cl2NO4S. The predicted octanol–water partition coefficient (Wildman–Crippen LogP) is 2.52. The van der Waals surface area contributed by atoms with Crippen molar-refractivity contribution in [1.82, 2.24) is 4.72 Å². The highest BCUT2D eigenvalue weighted by Crippen LogP contribution is 2.20. The Morgan fingerprint density at radius 1 is 1.25 bits per heavy atom. The topological polar surface area (TPSA) is 83.5 Å². The summed E-state index contributed by atoms with van der Waals surface area (Å²) in [5, 5.41) is 9.63. The molecule has 0 aliphatic heterocycles. The third-order valence-electron chi connectivity index (χ3n) is 2.52. The molecule has 1 unspecified atom stereocenters. The second-order valence-electron chi connectivity index (χ2n) is 4.71. The van der Waals surface area contributed by atoms with Crippen LogP contribution < -0.4 is 4.72 Å². The first kappa shape index (κ1) is 17.2. The summed E-state index contributed by atoms with van der Waals surface area (Å²) in [7, 11) is -3.81. The van der Waals surface area contributed by atoms with Gasteiger partial charge in [-0.1, -0.05) is 37.0 Å². The fourth-order valence-electron chi connectivity index (χ4n) is 1.62. The Bertz CT molecular complexity index is 581. The van der Waals surface area contributed by atoms with Crippen LogP contribution in [-0.4, -0.2) is 25.5 Å². The number of rotatable bonds is 6. The fourth-order valence-corrected chi connectivity index (χ4v) is 3.64. The van der Waals surface area contributed by atoms with Gasteiger partial charge in [-0.05, 0) is 29.7 Å². The second-order valence-corrected chi connectivity index (χ2v) is 7.34. The number of carboxylic acid groups (broad SMARTS) is 1. The van der Waals surface area contributed by atoms with Crippen molar-refractivity contribution in [3.05, 3.63) is 33.8 Å². The fraction of sp³-hybridized carbons (Fsp3) is 0.417. The van der Waals surface area contributed by atoms with Crippen molar-refractivity contribution in [2.24, 2.45) is 5.92 Å². The molecule has 112 valence electrons. The van der Waals surface area contributed by atoms with Gasteiger partial charge in [0.05, 0.1) is 5.75 Å². The number of hydrogen-bond donors (Lipinski definition) is 2. The molecule has 0 aromatic heterocycles. The van der Waals surface area contributed by atoms with Crippen LogP contribution in [0.1, 0.15) is 19.4 Å². The molecule has 1 rings (SSSR count). The van der Waals surface area contributed by atoms with Crippen molar-refractivity contribution in [3.8, 4) is 0 Å². The Balaban J connectivity index is 2.92. The monoisotopic (exact) mass is 339 g/mol. The summed E-state index contributed by atoms with van der Waals surface area (Å²) >= 11 is 11.6. The number of benzene rings is 1. The van der Waals surface area contributed by atoms with Crippen LogP contribution in [0.15, 0.2) is 18.2 Å². The molecule has 1 atom stereocenters. The molecule has 1 aromatic rings. The molecule has 1 aromatic carbocycles. The van der Waals surface area contributed by atoms with Crippen LogP contribution in [0, 0.1) is 5.92 Å². The van der Waals surface area contributed by atoms with Gasteiger partial charge in [-0.2, -0.15) is 0 Å². The van der Waals surface area contributed by atoms with E-state index in [1.807, 2.05) is 0 Å². The number of hydrogen-bond acceptors (Lipinski definition) is 3. The summed E-state index contributed by atoms with van der Waals surface area (Å²) in [6.45, 7) is 3.25. The molecule has 0 aliphatic carbocycles. The SMILES string of the molecule is CC(C)C(NS(=O)(=O)Cc1cc(Cl)cc(Cl)c1)C(=O)O. The third-order valence-corrected chi connectivity index (χ3v) is 4.28. The van der Waals surface area contributed by atoms with Crippen LogP contribution in [0.25, 0.3) is 0 Å². The van der Waals surface area contributed by atoms with Crippen molar-refractivity contribution in [2.75, 3.05) is 0 Å². The molecular weight excluding hydrogens is 325 g/mol. The van der Waals surface area contributed by atoms with E-state index in [2.05, 4.69) is 4.72 Å².